The fourth-order valence-electron chi connectivity index (χ4n) is 3.44. The molecule has 35 heavy (non-hydrogen) atoms. The number of urea groups is 1. The number of carbonyl (C=O) groups excluding carboxylic acids is 4. The van der Waals surface area contributed by atoms with Gasteiger partial charge in [0.15, 0.2) is 6.61 Å². The molecule has 0 saturated carbocycles. The van der Waals surface area contributed by atoms with Gasteiger partial charge in [-0.15, -0.1) is 0 Å². The summed E-state index contributed by atoms with van der Waals surface area (Å²) in [5, 5.41) is 5.28. The van der Waals surface area contributed by atoms with E-state index < -0.39 is 17.8 Å². The fourth-order valence-corrected chi connectivity index (χ4v) is 3.61. The molecular weight excluding hydrogens is 470 g/mol. The normalized spacial score (nSPS) is 14.6. The van der Waals surface area contributed by atoms with Crippen LogP contribution in [0.15, 0.2) is 78.4 Å². The van der Waals surface area contributed by atoms with Crippen molar-refractivity contribution in [1.82, 2.24) is 5.32 Å². The lowest BCUT2D eigenvalue weighted by Gasteiger charge is -2.27. The molecule has 0 spiro atoms. The molecule has 176 valence electrons. The highest BCUT2D eigenvalue weighted by Crippen LogP contribution is 2.29. The molecule has 1 fully saturated rings. The van der Waals surface area contributed by atoms with Gasteiger partial charge in [-0.25, -0.2) is 9.69 Å². The number of rotatable bonds is 6. The van der Waals surface area contributed by atoms with Crippen LogP contribution < -0.4 is 20.3 Å². The summed E-state index contributed by atoms with van der Waals surface area (Å²) in [6, 6.07) is 19.5. The number of nitrogens with zero attached hydrogens (tertiary/aromatic N) is 1. The maximum atomic E-state index is 13.1. The number of hydrogen-bond donors (Lipinski definition) is 2. The Bertz CT molecular complexity index is 1350. The van der Waals surface area contributed by atoms with Crippen LogP contribution in [0.3, 0.4) is 0 Å². The highest BCUT2D eigenvalue weighted by molar-refractivity contribution is 6.39. The molecule has 0 unspecified atom stereocenters. The van der Waals surface area contributed by atoms with E-state index >= 15 is 0 Å². The van der Waals surface area contributed by atoms with E-state index in [4.69, 9.17) is 16.3 Å². The van der Waals surface area contributed by atoms with Crippen molar-refractivity contribution in [3.05, 3.63) is 94.5 Å². The zero-order valence-corrected chi connectivity index (χ0v) is 19.3. The number of hydrogen-bond acceptors (Lipinski definition) is 5. The Hall–Kier alpha value is -4.43. The number of halogens is 1. The third-order valence-corrected chi connectivity index (χ3v) is 5.59. The summed E-state index contributed by atoms with van der Waals surface area (Å²) in [6.07, 6.45) is 1.36. The first-order valence-electron chi connectivity index (χ1n) is 10.6. The summed E-state index contributed by atoms with van der Waals surface area (Å²) in [4.78, 5) is 51.1. The maximum absolute atomic E-state index is 13.1. The molecule has 8 nitrogen and oxygen atoms in total. The molecule has 1 aliphatic heterocycles. The summed E-state index contributed by atoms with van der Waals surface area (Å²) in [5.41, 5.74) is 1.69. The van der Waals surface area contributed by atoms with Crippen molar-refractivity contribution >= 4 is 52.8 Å². The number of imide groups is 2. The highest BCUT2D eigenvalue weighted by Gasteiger charge is 2.37. The van der Waals surface area contributed by atoms with Crippen LogP contribution >= 0.6 is 11.6 Å². The molecular formula is C26H20ClN3O5. The molecule has 3 aromatic rings. The van der Waals surface area contributed by atoms with Crippen LogP contribution in [0.2, 0.25) is 5.02 Å². The molecule has 2 N–H and O–H groups in total. The van der Waals surface area contributed by atoms with Gasteiger partial charge in [0, 0.05) is 10.7 Å². The Morgan fingerprint density at radius 2 is 1.77 bits per heavy atom. The highest BCUT2D eigenvalue weighted by atomic mass is 35.5. The lowest BCUT2D eigenvalue weighted by molar-refractivity contribution is -0.122. The molecule has 0 bridgehead atoms. The number of benzene rings is 3. The van der Waals surface area contributed by atoms with Gasteiger partial charge < -0.3 is 10.1 Å². The van der Waals surface area contributed by atoms with Crippen LogP contribution in [-0.2, 0) is 14.4 Å². The number of ether oxygens (including phenoxy) is 1. The first kappa shape index (κ1) is 23.7. The van der Waals surface area contributed by atoms with E-state index in [1.54, 1.807) is 73.7 Å². The number of para-hydroxylation sites is 1. The van der Waals surface area contributed by atoms with Crippen molar-refractivity contribution in [1.29, 1.82) is 0 Å². The minimum absolute atomic E-state index is 0.231. The summed E-state index contributed by atoms with van der Waals surface area (Å²) in [7, 11) is 0. The Morgan fingerprint density at radius 3 is 2.54 bits per heavy atom. The molecule has 1 saturated heterocycles. The Labute approximate surface area is 206 Å². The summed E-state index contributed by atoms with van der Waals surface area (Å²) >= 11 is 6.14. The molecule has 0 aromatic heterocycles. The van der Waals surface area contributed by atoms with Crippen molar-refractivity contribution < 1.29 is 23.9 Å². The summed E-state index contributed by atoms with van der Waals surface area (Å²) in [5.74, 6) is -1.57. The minimum atomic E-state index is -0.857. The first-order valence-corrected chi connectivity index (χ1v) is 11.0. The van der Waals surface area contributed by atoms with Crippen LogP contribution in [0.25, 0.3) is 6.08 Å². The third kappa shape index (κ3) is 5.39. The van der Waals surface area contributed by atoms with Crippen molar-refractivity contribution in [2.24, 2.45) is 0 Å². The van der Waals surface area contributed by atoms with Crippen LogP contribution in [0, 0.1) is 6.92 Å². The zero-order valence-electron chi connectivity index (χ0n) is 18.6. The molecule has 5 amide bonds. The molecule has 0 aliphatic carbocycles. The fraction of sp³-hybridized carbons (Fsp3) is 0.0769. The lowest BCUT2D eigenvalue weighted by atomic mass is 10.1. The number of anilines is 2. The van der Waals surface area contributed by atoms with E-state index in [1.807, 2.05) is 6.07 Å². The zero-order chi connectivity index (χ0) is 24.9. The average molecular weight is 490 g/mol. The van der Waals surface area contributed by atoms with Gasteiger partial charge in [0.25, 0.3) is 17.7 Å². The quantitative estimate of drug-likeness (QED) is 0.396. The standard InChI is InChI=1S/C26H20ClN3O5/c1-16-21(27)11-6-12-22(16)30-25(33)20(24(32)29-26(30)34)14-17-7-5-10-19(13-17)35-15-23(31)28-18-8-3-2-4-9-18/h2-14H,15H2,1H3,(H,28,31)(H,29,32,34)/b20-14-. The SMILES string of the molecule is Cc1c(Cl)cccc1N1C(=O)NC(=O)/C(=C/c2cccc(OCC(=O)Nc3ccccc3)c2)C1=O. The second-order valence-electron chi connectivity index (χ2n) is 7.62. The van der Waals surface area contributed by atoms with Crippen molar-refractivity contribution in [2.45, 2.75) is 6.92 Å². The lowest BCUT2D eigenvalue weighted by Crippen LogP contribution is -2.54. The number of barbiturate groups is 1. The number of nitrogens with one attached hydrogen (secondary N) is 2. The molecule has 1 aliphatic rings. The van der Waals surface area contributed by atoms with E-state index in [-0.39, 0.29) is 23.8 Å². The van der Waals surface area contributed by atoms with E-state index in [0.29, 0.717) is 27.6 Å². The van der Waals surface area contributed by atoms with Crippen molar-refractivity contribution in [3.63, 3.8) is 0 Å². The molecule has 1 heterocycles. The van der Waals surface area contributed by atoms with E-state index in [2.05, 4.69) is 10.6 Å². The maximum Gasteiger partial charge on any atom is 0.335 e. The van der Waals surface area contributed by atoms with Gasteiger partial charge in [0.1, 0.15) is 11.3 Å². The van der Waals surface area contributed by atoms with Gasteiger partial charge in [-0.05, 0) is 60.5 Å². The summed E-state index contributed by atoms with van der Waals surface area (Å²) in [6.45, 7) is 1.44. The van der Waals surface area contributed by atoms with Crippen LogP contribution in [0.1, 0.15) is 11.1 Å². The molecule has 0 atom stereocenters. The van der Waals surface area contributed by atoms with E-state index in [0.717, 1.165) is 4.90 Å². The van der Waals surface area contributed by atoms with Crippen LogP contribution in [0.5, 0.6) is 5.75 Å². The first-order chi connectivity index (χ1) is 16.8. The second-order valence-corrected chi connectivity index (χ2v) is 8.02. The minimum Gasteiger partial charge on any atom is -0.484 e. The predicted molar refractivity (Wildman–Crippen MR) is 132 cm³/mol. The third-order valence-electron chi connectivity index (χ3n) is 5.18. The summed E-state index contributed by atoms with van der Waals surface area (Å²) < 4.78 is 5.55. The van der Waals surface area contributed by atoms with Gasteiger partial charge in [-0.1, -0.05) is 48.0 Å². The van der Waals surface area contributed by atoms with Gasteiger partial charge in [0.2, 0.25) is 0 Å². The number of carbonyl (C=O) groups is 4. The smallest absolute Gasteiger partial charge is 0.335 e. The molecule has 0 radical (unpaired) electrons. The molecule has 3 aromatic carbocycles. The van der Waals surface area contributed by atoms with Gasteiger partial charge in [0.05, 0.1) is 5.69 Å². The Kier molecular flexibility index (Phi) is 6.93. The second kappa shape index (κ2) is 10.2. The van der Waals surface area contributed by atoms with Gasteiger partial charge >= 0.3 is 6.03 Å². The van der Waals surface area contributed by atoms with Crippen molar-refractivity contribution in [3.8, 4) is 5.75 Å². The Balaban J connectivity index is 1.52. The predicted octanol–water partition coefficient (Wildman–Crippen LogP) is 4.33. The van der Waals surface area contributed by atoms with Gasteiger partial charge in [-0.3, -0.25) is 19.7 Å². The topological polar surface area (TPSA) is 105 Å². The van der Waals surface area contributed by atoms with Crippen LogP contribution in [-0.4, -0.2) is 30.4 Å². The Morgan fingerprint density at radius 1 is 1.03 bits per heavy atom. The average Bonchev–Trinajstić information content (AvgIpc) is 2.84. The largest absolute Gasteiger partial charge is 0.484 e. The van der Waals surface area contributed by atoms with Crippen LogP contribution in [0.4, 0.5) is 16.2 Å². The van der Waals surface area contributed by atoms with E-state index in [1.165, 1.54) is 6.08 Å². The number of amides is 5. The monoisotopic (exact) mass is 489 g/mol. The van der Waals surface area contributed by atoms with Gasteiger partial charge in [-0.2, -0.15) is 0 Å². The molecule has 9 heteroatoms. The van der Waals surface area contributed by atoms with E-state index in [9.17, 15) is 19.2 Å². The van der Waals surface area contributed by atoms with Crippen molar-refractivity contribution in [2.75, 3.05) is 16.8 Å². The molecule has 4 rings (SSSR count).